The van der Waals surface area contributed by atoms with Crippen molar-refractivity contribution in [2.24, 2.45) is 0 Å². The molecule has 144 valence electrons. The molecule has 0 aliphatic carbocycles. The molecule has 2 aromatic carbocycles. The third-order valence-corrected chi connectivity index (χ3v) is 3.29. The van der Waals surface area contributed by atoms with Crippen LogP contribution in [0.4, 0.5) is 15.3 Å². The first-order valence-corrected chi connectivity index (χ1v) is 8.37. The second kappa shape index (κ2) is 10.5. The van der Waals surface area contributed by atoms with Crippen LogP contribution in [0.3, 0.4) is 0 Å². The van der Waals surface area contributed by atoms with Crippen molar-refractivity contribution in [3.8, 4) is 17.2 Å². The van der Waals surface area contributed by atoms with E-state index in [9.17, 15) is 9.59 Å². The van der Waals surface area contributed by atoms with Crippen LogP contribution in [-0.2, 0) is 4.74 Å². The van der Waals surface area contributed by atoms with Crippen LogP contribution >= 0.6 is 0 Å². The first kappa shape index (κ1) is 19.9. The van der Waals surface area contributed by atoms with Crippen molar-refractivity contribution in [3.63, 3.8) is 0 Å². The normalized spacial score (nSPS) is 9.85. The molecule has 27 heavy (non-hydrogen) atoms. The predicted octanol–water partition coefficient (Wildman–Crippen LogP) is 3.43. The summed E-state index contributed by atoms with van der Waals surface area (Å²) in [7, 11) is 1.60. The lowest BCUT2D eigenvalue weighted by molar-refractivity contribution is 0.104. The molecule has 0 saturated heterocycles. The minimum Gasteiger partial charge on any atom is -0.497 e. The van der Waals surface area contributed by atoms with E-state index in [0.717, 1.165) is 5.75 Å². The van der Waals surface area contributed by atoms with Crippen LogP contribution in [0.2, 0.25) is 0 Å². The van der Waals surface area contributed by atoms with Crippen molar-refractivity contribution >= 4 is 17.9 Å². The topological polar surface area (TPSA) is 95.1 Å². The molecular formula is C19H22N2O6. The molecule has 2 amide bonds. The smallest absolute Gasteiger partial charge is 0.497 e. The van der Waals surface area contributed by atoms with Crippen LogP contribution in [-0.4, -0.2) is 39.1 Å². The highest BCUT2D eigenvalue weighted by Crippen LogP contribution is 2.17. The van der Waals surface area contributed by atoms with E-state index in [1.165, 1.54) is 0 Å². The highest BCUT2D eigenvalue weighted by atomic mass is 16.7. The van der Waals surface area contributed by atoms with E-state index < -0.39 is 6.16 Å². The van der Waals surface area contributed by atoms with Gasteiger partial charge in [0.15, 0.2) is 0 Å². The van der Waals surface area contributed by atoms with Gasteiger partial charge >= 0.3 is 12.2 Å². The Balaban J connectivity index is 1.68. The summed E-state index contributed by atoms with van der Waals surface area (Å²) >= 11 is 0. The summed E-state index contributed by atoms with van der Waals surface area (Å²) in [5.41, 5.74) is 0.555. The second-order valence-electron chi connectivity index (χ2n) is 5.21. The van der Waals surface area contributed by atoms with Crippen LogP contribution in [0.15, 0.2) is 48.5 Å². The van der Waals surface area contributed by atoms with Gasteiger partial charge < -0.3 is 29.6 Å². The van der Waals surface area contributed by atoms with Crippen LogP contribution in [0.1, 0.15) is 6.92 Å². The number of hydrogen-bond donors (Lipinski definition) is 2. The first-order valence-electron chi connectivity index (χ1n) is 8.37. The Morgan fingerprint density at radius 1 is 0.926 bits per heavy atom. The average Bonchev–Trinajstić information content (AvgIpc) is 2.67. The van der Waals surface area contributed by atoms with E-state index >= 15 is 0 Å². The molecule has 2 aromatic rings. The average molecular weight is 374 g/mol. The van der Waals surface area contributed by atoms with Gasteiger partial charge in [-0.05, 0) is 55.5 Å². The van der Waals surface area contributed by atoms with E-state index in [1.807, 2.05) is 0 Å². The largest absolute Gasteiger partial charge is 0.513 e. The standard InChI is InChI=1S/C19H22N2O6/c1-3-25-19(23)27-17-6-4-14(5-7-17)21-18(22)20-12-13-26-16-10-8-15(24-2)9-11-16/h4-11H,3,12-13H2,1-2H3,(H2,20,21,22). The minimum atomic E-state index is -0.771. The molecule has 8 heteroatoms. The van der Waals surface area contributed by atoms with Gasteiger partial charge in [0.1, 0.15) is 23.9 Å². The van der Waals surface area contributed by atoms with Gasteiger partial charge in [0.05, 0.1) is 20.3 Å². The predicted molar refractivity (Wildman–Crippen MR) is 99.6 cm³/mol. The Bertz CT molecular complexity index is 731. The van der Waals surface area contributed by atoms with Crippen molar-refractivity contribution in [2.75, 3.05) is 32.2 Å². The molecule has 0 aliphatic rings. The maximum absolute atomic E-state index is 11.9. The molecule has 0 spiro atoms. The number of nitrogens with one attached hydrogen (secondary N) is 2. The monoisotopic (exact) mass is 374 g/mol. The minimum absolute atomic E-state index is 0.237. The van der Waals surface area contributed by atoms with Gasteiger partial charge in [0.25, 0.3) is 0 Å². The molecule has 2 rings (SSSR count). The van der Waals surface area contributed by atoms with Crippen LogP contribution in [0.5, 0.6) is 17.2 Å². The SMILES string of the molecule is CCOC(=O)Oc1ccc(NC(=O)NCCOc2ccc(OC)cc2)cc1. The molecule has 0 atom stereocenters. The molecule has 0 bridgehead atoms. The maximum Gasteiger partial charge on any atom is 0.513 e. The van der Waals surface area contributed by atoms with Crippen molar-refractivity contribution in [1.29, 1.82) is 0 Å². The second-order valence-corrected chi connectivity index (χ2v) is 5.21. The van der Waals surface area contributed by atoms with E-state index in [0.29, 0.717) is 30.3 Å². The van der Waals surface area contributed by atoms with Crippen LogP contribution < -0.4 is 24.8 Å². The van der Waals surface area contributed by atoms with E-state index in [4.69, 9.17) is 14.2 Å². The zero-order chi connectivity index (χ0) is 19.5. The van der Waals surface area contributed by atoms with E-state index in [-0.39, 0.29) is 12.6 Å². The third kappa shape index (κ3) is 7.15. The van der Waals surface area contributed by atoms with Gasteiger partial charge in [-0.1, -0.05) is 0 Å². The van der Waals surface area contributed by atoms with E-state index in [1.54, 1.807) is 62.6 Å². The lowest BCUT2D eigenvalue weighted by Gasteiger charge is -2.10. The van der Waals surface area contributed by atoms with Gasteiger partial charge in [-0.2, -0.15) is 0 Å². The molecule has 0 unspecified atom stereocenters. The maximum atomic E-state index is 11.9. The van der Waals surface area contributed by atoms with Gasteiger partial charge in [0.2, 0.25) is 0 Å². The molecular weight excluding hydrogens is 352 g/mol. The van der Waals surface area contributed by atoms with Gasteiger partial charge in [0, 0.05) is 5.69 Å². The number of benzene rings is 2. The number of rotatable bonds is 8. The zero-order valence-corrected chi connectivity index (χ0v) is 15.2. The molecule has 0 aliphatic heterocycles. The third-order valence-electron chi connectivity index (χ3n) is 3.29. The fraction of sp³-hybridized carbons (Fsp3) is 0.263. The number of urea groups is 1. The van der Waals surface area contributed by atoms with Gasteiger partial charge in [-0.25, -0.2) is 9.59 Å². The van der Waals surface area contributed by atoms with Crippen molar-refractivity contribution in [3.05, 3.63) is 48.5 Å². The summed E-state index contributed by atoms with van der Waals surface area (Å²) in [4.78, 5) is 23.1. The molecule has 0 heterocycles. The van der Waals surface area contributed by atoms with Crippen LogP contribution in [0.25, 0.3) is 0 Å². The summed E-state index contributed by atoms with van der Waals surface area (Å²) in [6.45, 7) is 2.59. The van der Waals surface area contributed by atoms with E-state index in [2.05, 4.69) is 15.4 Å². The number of hydrogen-bond acceptors (Lipinski definition) is 6. The molecule has 0 fully saturated rings. The summed E-state index contributed by atoms with van der Waals surface area (Å²) in [5.74, 6) is 1.76. The summed E-state index contributed by atoms with van der Waals surface area (Å²) in [6, 6.07) is 13.1. The quantitative estimate of drug-likeness (QED) is 0.418. The fourth-order valence-electron chi connectivity index (χ4n) is 2.03. The van der Waals surface area contributed by atoms with Crippen LogP contribution in [0, 0.1) is 0 Å². The molecule has 0 radical (unpaired) electrons. The number of amides is 2. The number of carbonyl (C=O) groups is 2. The lowest BCUT2D eigenvalue weighted by Crippen LogP contribution is -2.32. The highest BCUT2D eigenvalue weighted by molar-refractivity contribution is 5.89. The first-order chi connectivity index (χ1) is 13.1. The molecule has 0 aromatic heterocycles. The van der Waals surface area contributed by atoms with Gasteiger partial charge in [-0.15, -0.1) is 0 Å². The van der Waals surface area contributed by atoms with Crippen molar-refractivity contribution in [2.45, 2.75) is 6.92 Å². The lowest BCUT2D eigenvalue weighted by atomic mass is 10.3. The molecule has 0 saturated carbocycles. The highest BCUT2D eigenvalue weighted by Gasteiger charge is 2.06. The number of carbonyl (C=O) groups excluding carboxylic acids is 2. The fourth-order valence-corrected chi connectivity index (χ4v) is 2.03. The summed E-state index contributed by atoms with van der Waals surface area (Å²) in [6.07, 6.45) is -0.771. The zero-order valence-electron chi connectivity index (χ0n) is 15.2. The number of ether oxygens (including phenoxy) is 4. The Kier molecular flexibility index (Phi) is 7.77. The van der Waals surface area contributed by atoms with Gasteiger partial charge in [-0.3, -0.25) is 0 Å². The van der Waals surface area contributed by atoms with Crippen molar-refractivity contribution in [1.82, 2.24) is 5.32 Å². The number of anilines is 1. The van der Waals surface area contributed by atoms with Crippen molar-refractivity contribution < 1.29 is 28.5 Å². The Hall–Kier alpha value is -3.42. The molecule has 8 nitrogen and oxygen atoms in total. The Labute approximate surface area is 157 Å². The molecule has 2 N–H and O–H groups in total. The number of methoxy groups -OCH3 is 1. The Morgan fingerprint density at radius 3 is 2.19 bits per heavy atom. The Morgan fingerprint density at radius 2 is 1.56 bits per heavy atom. The summed E-state index contributed by atoms with van der Waals surface area (Å²) in [5, 5.41) is 5.35. The summed E-state index contributed by atoms with van der Waals surface area (Å²) < 4.78 is 20.2.